The van der Waals surface area contributed by atoms with Gasteiger partial charge in [0.2, 0.25) is 5.91 Å². The molecule has 116 valence electrons. The summed E-state index contributed by atoms with van der Waals surface area (Å²) < 4.78 is 2.54. The number of carbonyl (C=O) groups excluding carboxylic acids is 1. The summed E-state index contributed by atoms with van der Waals surface area (Å²) >= 11 is 3.57. The molecule has 0 fully saturated rings. The van der Waals surface area contributed by atoms with Gasteiger partial charge in [-0.05, 0) is 33.1 Å². The zero-order valence-electron chi connectivity index (χ0n) is 12.2. The molecular formula is C16H14BrN5O. The third-order valence-corrected chi connectivity index (χ3v) is 4.26. The van der Waals surface area contributed by atoms with Crippen molar-refractivity contribution in [3.05, 3.63) is 59.5 Å². The molecule has 1 aromatic carbocycles. The number of hydrogen-bond donors (Lipinski definition) is 2. The Morgan fingerprint density at radius 2 is 2.13 bits per heavy atom. The van der Waals surface area contributed by atoms with E-state index in [-0.39, 0.29) is 5.91 Å². The van der Waals surface area contributed by atoms with Crippen molar-refractivity contribution >= 4 is 33.2 Å². The van der Waals surface area contributed by atoms with E-state index in [4.69, 9.17) is 5.73 Å². The fourth-order valence-electron chi connectivity index (χ4n) is 2.26. The van der Waals surface area contributed by atoms with Crippen LogP contribution in [-0.2, 0) is 11.3 Å². The second-order valence-corrected chi connectivity index (χ2v) is 5.71. The van der Waals surface area contributed by atoms with Gasteiger partial charge in [-0.1, -0.05) is 30.8 Å². The lowest BCUT2D eigenvalue weighted by atomic mass is 10.1. The smallest absolute Gasteiger partial charge is 0.243 e. The van der Waals surface area contributed by atoms with Gasteiger partial charge in [0.15, 0.2) is 5.82 Å². The molecule has 23 heavy (non-hydrogen) atoms. The highest BCUT2D eigenvalue weighted by atomic mass is 79.9. The molecule has 0 atom stereocenters. The van der Waals surface area contributed by atoms with Crippen LogP contribution in [0.25, 0.3) is 16.6 Å². The van der Waals surface area contributed by atoms with Gasteiger partial charge in [0.05, 0.1) is 4.47 Å². The van der Waals surface area contributed by atoms with Gasteiger partial charge in [0.25, 0.3) is 0 Å². The third-order valence-electron chi connectivity index (χ3n) is 3.46. The monoisotopic (exact) mass is 371 g/mol. The summed E-state index contributed by atoms with van der Waals surface area (Å²) in [5.74, 6) is 0.228. The van der Waals surface area contributed by atoms with E-state index in [0.717, 1.165) is 26.7 Å². The maximum Gasteiger partial charge on any atom is 0.243 e. The number of nitrogens with one attached hydrogen (secondary N) is 1. The number of rotatable bonds is 4. The van der Waals surface area contributed by atoms with Crippen LogP contribution in [0, 0.1) is 0 Å². The number of amides is 1. The van der Waals surface area contributed by atoms with Crippen molar-refractivity contribution in [2.75, 3.05) is 5.73 Å². The number of carbonyl (C=O) groups is 1. The van der Waals surface area contributed by atoms with Crippen LogP contribution in [0.5, 0.6) is 0 Å². The molecule has 0 aliphatic carbocycles. The lowest BCUT2D eigenvalue weighted by molar-refractivity contribution is -0.116. The van der Waals surface area contributed by atoms with E-state index in [9.17, 15) is 4.79 Å². The summed E-state index contributed by atoms with van der Waals surface area (Å²) in [5.41, 5.74) is 9.63. The average molecular weight is 372 g/mol. The Balaban J connectivity index is 1.90. The molecule has 2 heterocycles. The number of nitrogens with two attached hydrogens (primary N) is 1. The number of hydrogen-bond acceptors (Lipinski definition) is 4. The first-order valence-electron chi connectivity index (χ1n) is 6.87. The first-order valence-corrected chi connectivity index (χ1v) is 7.66. The minimum absolute atomic E-state index is 0.190. The topological polar surface area (TPSA) is 85.3 Å². The molecule has 6 nitrogen and oxygen atoms in total. The summed E-state index contributed by atoms with van der Waals surface area (Å²) in [7, 11) is 0. The largest absolute Gasteiger partial charge is 0.382 e. The first kappa shape index (κ1) is 15.2. The molecule has 1 amide bonds. The van der Waals surface area contributed by atoms with Crippen molar-refractivity contribution in [3.8, 4) is 11.1 Å². The Bertz CT molecular complexity index is 885. The molecule has 0 saturated carbocycles. The van der Waals surface area contributed by atoms with Crippen LogP contribution in [0.1, 0.15) is 5.56 Å². The summed E-state index contributed by atoms with van der Waals surface area (Å²) in [6, 6.07) is 7.89. The van der Waals surface area contributed by atoms with E-state index in [1.54, 1.807) is 4.52 Å². The summed E-state index contributed by atoms with van der Waals surface area (Å²) in [4.78, 5) is 15.2. The number of halogens is 1. The Kier molecular flexibility index (Phi) is 4.12. The van der Waals surface area contributed by atoms with Gasteiger partial charge in [0.1, 0.15) is 11.8 Å². The Labute approximate surface area is 141 Å². The number of aromatic nitrogens is 3. The van der Waals surface area contributed by atoms with E-state index < -0.39 is 0 Å². The fourth-order valence-corrected chi connectivity index (χ4v) is 2.98. The normalized spacial score (nSPS) is 10.7. The van der Waals surface area contributed by atoms with Crippen molar-refractivity contribution < 1.29 is 4.79 Å². The Morgan fingerprint density at radius 1 is 1.39 bits per heavy atom. The van der Waals surface area contributed by atoms with Crippen molar-refractivity contribution in [1.82, 2.24) is 19.9 Å². The minimum atomic E-state index is -0.190. The van der Waals surface area contributed by atoms with Crippen molar-refractivity contribution in [2.24, 2.45) is 0 Å². The summed E-state index contributed by atoms with van der Waals surface area (Å²) in [6.45, 7) is 3.88. The Hall–Kier alpha value is -2.67. The summed E-state index contributed by atoms with van der Waals surface area (Å²) in [5, 5.41) is 6.91. The molecule has 0 bridgehead atoms. The van der Waals surface area contributed by atoms with Crippen LogP contribution in [0.2, 0.25) is 0 Å². The molecule has 0 unspecified atom stereocenters. The van der Waals surface area contributed by atoms with Crippen molar-refractivity contribution in [2.45, 2.75) is 6.54 Å². The van der Waals surface area contributed by atoms with Gasteiger partial charge < -0.3 is 11.1 Å². The fraction of sp³-hybridized carbons (Fsp3) is 0.0625. The van der Waals surface area contributed by atoms with Gasteiger partial charge >= 0.3 is 0 Å². The Morgan fingerprint density at radius 3 is 2.78 bits per heavy atom. The second-order valence-electron chi connectivity index (χ2n) is 4.91. The molecule has 0 aliphatic heterocycles. The van der Waals surface area contributed by atoms with E-state index in [1.165, 1.54) is 12.4 Å². The maximum absolute atomic E-state index is 11.2. The molecule has 2 aromatic heterocycles. The SMILES string of the molecule is C=CC(=O)NCc1ccc(-c2cn3ncnc(N)c3c2Br)cc1. The molecule has 0 aliphatic rings. The van der Waals surface area contributed by atoms with Crippen LogP contribution in [0.3, 0.4) is 0 Å². The number of anilines is 1. The first-order chi connectivity index (χ1) is 11.1. The van der Waals surface area contributed by atoms with Crippen LogP contribution in [-0.4, -0.2) is 20.5 Å². The van der Waals surface area contributed by atoms with Gasteiger partial charge in [-0.3, -0.25) is 4.79 Å². The maximum atomic E-state index is 11.2. The number of fused-ring (bicyclic) bond motifs is 1. The highest BCUT2D eigenvalue weighted by molar-refractivity contribution is 9.10. The van der Waals surface area contributed by atoms with Crippen LogP contribution in [0.4, 0.5) is 5.82 Å². The van der Waals surface area contributed by atoms with Crippen molar-refractivity contribution in [1.29, 1.82) is 0 Å². The van der Waals surface area contributed by atoms with E-state index in [1.807, 2.05) is 30.5 Å². The lowest BCUT2D eigenvalue weighted by Gasteiger charge is -2.04. The second kappa shape index (κ2) is 6.21. The molecule has 3 aromatic rings. The van der Waals surface area contributed by atoms with Crippen LogP contribution in [0.15, 0.2) is 53.9 Å². The predicted molar refractivity (Wildman–Crippen MR) is 92.6 cm³/mol. The average Bonchev–Trinajstić information content (AvgIpc) is 2.91. The predicted octanol–water partition coefficient (Wildman–Crippen LogP) is 2.54. The summed E-state index contributed by atoms with van der Waals surface area (Å²) in [6.07, 6.45) is 4.57. The number of benzene rings is 1. The van der Waals surface area contributed by atoms with E-state index in [0.29, 0.717) is 12.4 Å². The zero-order valence-corrected chi connectivity index (χ0v) is 13.7. The van der Waals surface area contributed by atoms with Gasteiger partial charge in [0, 0.05) is 18.3 Å². The molecule has 0 radical (unpaired) electrons. The minimum Gasteiger partial charge on any atom is -0.382 e. The van der Waals surface area contributed by atoms with Crippen LogP contribution < -0.4 is 11.1 Å². The number of nitrogen functional groups attached to an aromatic ring is 1. The van der Waals surface area contributed by atoms with Gasteiger partial charge in [-0.2, -0.15) is 5.10 Å². The van der Waals surface area contributed by atoms with Gasteiger partial charge in [-0.15, -0.1) is 0 Å². The van der Waals surface area contributed by atoms with Crippen LogP contribution >= 0.6 is 15.9 Å². The molecule has 3 N–H and O–H groups in total. The van der Waals surface area contributed by atoms with Crippen molar-refractivity contribution in [3.63, 3.8) is 0 Å². The molecule has 0 saturated heterocycles. The van der Waals surface area contributed by atoms with E-state index in [2.05, 4.69) is 37.9 Å². The molecule has 7 heteroatoms. The van der Waals surface area contributed by atoms with E-state index >= 15 is 0 Å². The standard InChI is InChI=1S/C16H14BrN5O/c1-2-13(23)19-7-10-3-5-11(6-4-10)12-8-22-15(14(12)17)16(18)20-9-21-22/h2-6,8-9H,1,7H2,(H,19,23)(H2,18,20,21). The lowest BCUT2D eigenvalue weighted by Crippen LogP contribution is -2.19. The molecule has 3 rings (SSSR count). The highest BCUT2D eigenvalue weighted by Crippen LogP contribution is 2.34. The molecular weight excluding hydrogens is 358 g/mol. The highest BCUT2D eigenvalue weighted by Gasteiger charge is 2.13. The quantitative estimate of drug-likeness (QED) is 0.690. The van der Waals surface area contributed by atoms with Gasteiger partial charge in [-0.25, -0.2) is 9.50 Å². The zero-order chi connectivity index (χ0) is 16.4. The number of nitrogens with zero attached hydrogens (tertiary/aromatic N) is 3. The third kappa shape index (κ3) is 2.95. The molecule has 0 spiro atoms.